The fourth-order valence-electron chi connectivity index (χ4n) is 4.38. The quantitative estimate of drug-likeness (QED) is 0.683. The standard InChI is InChI=1S/C21H24ClN3O5S/c1-13-5-2-3-9-24(13)19(26)14-6-4-7-15(11-14)23-18-17(22)20(27)25(21(18)28)16-8-10-31(29,30)12-16/h4,6-7,11,13,16,23H,2-3,5,8-10,12H2,1H3. The number of sulfone groups is 1. The Kier molecular flexibility index (Phi) is 5.83. The molecule has 8 nitrogen and oxygen atoms in total. The Morgan fingerprint density at radius 2 is 1.94 bits per heavy atom. The summed E-state index contributed by atoms with van der Waals surface area (Å²) in [6.07, 6.45) is 3.25. The maximum atomic E-state index is 12.9. The SMILES string of the molecule is CC1CCCCN1C(=O)c1cccc(NC2=C(Cl)C(=O)N(C3CCS(=O)(=O)C3)C2=O)c1. The third-order valence-electron chi connectivity index (χ3n) is 6.07. The molecule has 2 atom stereocenters. The molecule has 2 saturated heterocycles. The van der Waals surface area contributed by atoms with Crippen LogP contribution >= 0.6 is 11.6 Å². The molecule has 0 saturated carbocycles. The molecule has 1 N–H and O–H groups in total. The molecule has 3 aliphatic rings. The van der Waals surface area contributed by atoms with Crippen LogP contribution < -0.4 is 5.32 Å². The van der Waals surface area contributed by atoms with Gasteiger partial charge in [0.25, 0.3) is 17.7 Å². The summed E-state index contributed by atoms with van der Waals surface area (Å²) in [7, 11) is -3.27. The average molecular weight is 466 g/mol. The second-order valence-corrected chi connectivity index (χ2v) is 10.9. The van der Waals surface area contributed by atoms with Crippen molar-refractivity contribution in [2.45, 2.75) is 44.7 Å². The summed E-state index contributed by atoms with van der Waals surface area (Å²) >= 11 is 6.14. The summed E-state index contributed by atoms with van der Waals surface area (Å²) in [5.74, 6) is -1.75. The Morgan fingerprint density at radius 3 is 2.61 bits per heavy atom. The molecule has 166 valence electrons. The molecule has 4 rings (SSSR count). The van der Waals surface area contributed by atoms with Crippen LogP contribution in [0.1, 0.15) is 43.0 Å². The van der Waals surface area contributed by atoms with Crippen LogP contribution in [0.15, 0.2) is 35.0 Å². The van der Waals surface area contributed by atoms with Gasteiger partial charge in [0, 0.05) is 23.8 Å². The Hall–Kier alpha value is -2.39. The van der Waals surface area contributed by atoms with Gasteiger partial charge >= 0.3 is 0 Å². The third kappa shape index (κ3) is 4.21. The van der Waals surface area contributed by atoms with Gasteiger partial charge in [-0.25, -0.2) is 8.42 Å². The van der Waals surface area contributed by atoms with Crippen molar-refractivity contribution < 1.29 is 22.8 Å². The van der Waals surface area contributed by atoms with Gasteiger partial charge < -0.3 is 10.2 Å². The van der Waals surface area contributed by atoms with Gasteiger partial charge in [-0.2, -0.15) is 0 Å². The lowest BCUT2D eigenvalue weighted by Crippen LogP contribution is -2.42. The molecule has 0 bridgehead atoms. The third-order valence-corrected chi connectivity index (χ3v) is 8.18. The number of rotatable bonds is 4. The number of hydrogen-bond acceptors (Lipinski definition) is 6. The van der Waals surface area contributed by atoms with Crippen LogP contribution in [-0.2, 0) is 19.4 Å². The minimum Gasteiger partial charge on any atom is -0.350 e. The topological polar surface area (TPSA) is 104 Å². The number of carbonyl (C=O) groups excluding carboxylic acids is 3. The minimum absolute atomic E-state index is 0.0613. The number of hydrogen-bond donors (Lipinski definition) is 1. The Bertz CT molecular complexity index is 1080. The minimum atomic E-state index is -3.27. The molecule has 0 radical (unpaired) electrons. The number of nitrogens with zero attached hydrogens (tertiary/aromatic N) is 2. The Labute approximate surface area is 186 Å². The lowest BCUT2D eigenvalue weighted by molar-refractivity contribution is -0.139. The summed E-state index contributed by atoms with van der Waals surface area (Å²) in [6, 6.07) is 6.16. The summed E-state index contributed by atoms with van der Waals surface area (Å²) in [4.78, 5) is 41.1. The summed E-state index contributed by atoms with van der Waals surface area (Å²) < 4.78 is 23.5. The lowest BCUT2D eigenvalue weighted by atomic mass is 10.0. The average Bonchev–Trinajstić information content (AvgIpc) is 3.19. The van der Waals surface area contributed by atoms with E-state index in [1.807, 2.05) is 11.8 Å². The highest BCUT2D eigenvalue weighted by atomic mass is 35.5. The molecule has 0 spiro atoms. The van der Waals surface area contributed by atoms with E-state index in [0.717, 1.165) is 24.2 Å². The first kappa shape index (κ1) is 21.8. The van der Waals surface area contributed by atoms with Crippen LogP contribution in [0.5, 0.6) is 0 Å². The zero-order valence-electron chi connectivity index (χ0n) is 17.1. The van der Waals surface area contributed by atoms with Gasteiger partial charge in [-0.15, -0.1) is 0 Å². The van der Waals surface area contributed by atoms with Crippen molar-refractivity contribution in [3.8, 4) is 0 Å². The molecule has 2 unspecified atom stereocenters. The van der Waals surface area contributed by atoms with Crippen molar-refractivity contribution in [2.24, 2.45) is 0 Å². The van der Waals surface area contributed by atoms with Gasteiger partial charge in [0.05, 0.1) is 17.5 Å². The van der Waals surface area contributed by atoms with E-state index in [4.69, 9.17) is 11.6 Å². The highest BCUT2D eigenvalue weighted by Crippen LogP contribution is 2.31. The number of amides is 3. The first-order valence-corrected chi connectivity index (χ1v) is 12.5. The number of nitrogens with one attached hydrogen (secondary N) is 1. The van der Waals surface area contributed by atoms with Crippen molar-refractivity contribution in [1.82, 2.24) is 9.80 Å². The number of benzene rings is 1. The Balaban J connectivity index is 1.53. The number of likely N-dealkylation sites (tertiary alicyclic amines) is 1. The molecule has 2 fully saturated rings. The normalized spacial score (nSPS) is 26.0. The van der Waals surface area contributed by atoms with E-state index in [0.29, 0.717) is 17.8 Å². The monoisotopic (exact) mass is 465 g/mol. The first-order chi connectivity index (χ1) is 14.7. The molecule has 3 heterocycles. The molecule has 31 heavy (non-hydrogen) atoms. The van der Waals surface area contributed by atoms with Crippen molar-refractivity contribution in [2.75, 3.05) is 23.4 Å². The van der Waals surface area contributed by atoms with Gasteiger partial charge in [-0.05, 0) is 50.8 Å². The molecule has 3 amide bonds. The van der Waals surface area contributed by atoms with Crippen LogP contribution in [0.25, 0.3) is 0 Å². The van der Waals surface area contributed by atoms with Crippen molar-refractivity contribution in [3.05, 3.63) is 40.6 Å². The fraction of sp³-hybridized carbons (Fsp3) is 0.476. The number of anilines is 1. The molecular weight excluding hydrogens is 442 g/mol. The van der Waals surface area contributed by atoms with Crippen LogP contribution in [-0.4, -0.2) is 66.1 Å². The van der Waals surface area contributed by atoms with Gasteiger partial charge in [0.2, 0.25) is 0 Å². The molecular formula is C21H24ClN3O5S. The number of halogens is 1. The second-order valence-electron chi connectivity index (χ2n) is 8.28. The maximum Gasteiger partial charge on any atom is 0.279 e. The number of piperidine rings is 1. The second kappa shape index (κ2) is 8.27. The predicted molar refractivity (Wildman–Crippen MR) is 116 cm³/mol. The van der Waals surface area contributed by atoms with E-state index in [1.54, 1.807) is 24.3 Å². The maximum absolute atomic E-state index is 12.9. The summed E-state index contributed by atoms with van der Waals surface area (Å²) in [5.41, 5.74) is 0.823. The predicted octanol–water partition coefficient (Wildman–Crippen LogP) is 2.12. The zero-order valence-corrected chi connectivity index (χ0v) is 18.7. The molecule has 0 aliphatic carbocycles. The molecule has 1 aromatic carbocycles. The molecule has 3 aliphatic heterocycles. The van der Waals surface area contributed by atoms with E-state index in [9.17, 15) is 22.8 Å². The van der Waals surface area contributed by atoms with E-state index in [2.05, 4.69) is 5.32 Å². The van der Waals surface area contributed by atoms with Gasteiger partial charge in [0.15, 0.2) is 9.84 Å². The number of imide groups is 1. The van der Waals surface area contributed by atoms with Crippen LogP contribution in [0, 0.1) is 0 Å². The summed E-state index contributed by atoms with van der Waals surface area (Å²) in [6.45, 7) is 2.74. The van der Waals surface area contributed by atoms with Crippen molar-refractivity contribution in [1.29, 1.82) is 0 Å². The van der Waals surface area contributed by atoms with E-state index in [1.165, 1.54) is 0 Å². The highest BCUT2D eigenvalue weighted by molar-refractivity contribution is 7.91. The van der Waals surface area contributed by atoms with Crippen molar-refractivity contribution in [3.63, 3.8) is 0 Å². The Morgan fingerprint density at radius 1 is 1.16 bits per heavy atom. The largest absolute Gasteiger partial charge is 0.350 e. The van der Waals surface area contributed by atoms with Crippen LogP contribution in [0.3, 0.4) is 0 Å². The van der Waals surface area contributed by atoms with E-state index in [-0.39, 0.29) is 40.6 Å². The van der Waals surface area contributed by atoms with Gasteiger partial charge in [-0.3, -0.25) is 19.3 Å². The fourth-order valence-corrected chi connectivity index (χ4v) is 6.30. The van der Waals surface area contributed by atoms with Crippen molar-refractivity contribution >= 4 is 44.8 Å². The molecule has 0 aromatic heterocycles. The molecule has 10 heteroatoms. The summed E-state index contributed by atoms with van der Waals surface area (Å²) in [5, 5.41) is 2.59. The molecule has 1 aromatic rings. The van der Waals surface area contributed by atoms with E-state index < -0.39 is 27.7 Å². The van der Waals surface area contributed by atoms with Gasteiger partial charge in [-0.1, -0.05) is 17.7 Å². The lowest BCUT2D eigenvalue weighted by Gasteiger charge is -2.33. The number of carbonyl (C=O) groups is 3. The van der Waals surface area contributed by atoms with E-state index >= 15 is 0 Å². The van der Waals surface area contributed by atoms with Crippen LogP contribution in [0.2, 0.25) is 0 Å². The smallest absolute Gasteiger partial charge is 0.279 e. The highest BCUT2D eigenvalue weighted by Gasteiger charge is 2.45. The zero-order chi connectivity index (χ0) is 22.3. The first-order valence-electron chi connectivity index (χ1n) is 10.3. The van der Waals surface area contributed by atoms with Gasteiger partial charge in [0.1, 0.15) is 10.7 Å². The van der Waals surface area contributed by atoms with Crippen LogP contribution in [0.4, 0.5) is 5.69 Å².